The Morgan fingerprint density at radius 1 is 0.893 bits per heavy atom. The minimum Gasteiger partial charge on any atom is -0.455 e. The third-order valence-corrected chi connectivity index (χ3v) is 5.41. The van der Waals surface area contributed by atoms with Gasteiger partial charge in [0.25, 0.3) is 0 Å². The van der Waals surface area contributed by atoms with Gasteiger partial charge in [0, 0.05) is 32.9 Å². The summed E-state index contributed by atoms with van der Waals surface area (Å²) < 4.78 is 6.15. The number of rotatable bonds is 2. The van der Waals surface area contributed by atoms with E-state index in [1.54, 1.807) is 6.20 Å². The molecule has 0 unspecified atom stereocenters. The van der Waals surface area contributed by atoms with Gasteiger partial charge in [-0.15, -0.1) is 0 Å². The second-order valence-electron chi connectivity index (χ2n) is 6.86. The number of furan rings is 1. The topological polar surface area (TPSA) is 26.0 Å². The quantitative estimate of drug-likeness (QED) is 0.221. The van der Waals surface area contributed by atoms with Gasteiger partial charge in [0.05, 0.1) is 0 Å². The number of pyridine rings is 1. The summed E-state index contributed by atoms with van der Waals surface area (Å²) in [5, 5.41) is 5.21. The van der Waals surface area contributed by atoms with Crippen molar-refractivity contribution in [2.75, 3.05) is 0 Å². The Labute approximate surface area is 172 Å². The van der Waals surface area contributed by atoms with Gasteiger partial charge in [-0.3, -0.25) is 0 Å². The van der Waals surface area contributed by atoms with Gasteiger partial charge in [-0.25, -0.2) is 4.98 Å². The van der Waals surface area contributed by atoms with Crippen molar-refractivity contribution in [3.05, 3.63) is 87.7 Å². The maximum Gasteiger partial charge on any atom is 0.142 e. The number of para-hydroxylation sites is 1. The van der Waals surface area contributed by atoms with Crippen molar-refractivity contribution in [2.24, 2.45) is 0 Å². The Morgan fingerprint density at radius 2 is 1.71 bits per heavy atom. The molecule has 2 heterocycles. The van der Waals surface area contributed by atoms with E-state index in [4.69, 9.17) is 27.6 Å². The van der Waals surface area contributed by atoms with Crippen LogP contribution in [0.2, 0.25) is 10.2 Å². The van der Waals surface area contributed by atoms with Crippen molar-refractivity contribution in [2.45, 2.75) is 6.92 Å². The molecular formula is C24H15Cl2NO. The van der Waals surface area contributed by atoms with Crippen LogP contribution in [0.25, 0.3) is 44.9 Å². The fourth-order valence-corrected chi connectivity index (χ4v) is 4.21. The number of hydrogen-bond acceptors (Lipinski definition) is 2. The Morgan fingerprint density at radius 3 is 2.61 bits per heavy atom. The number of fused-ring (bicyclic) bond motifs is 4. The Bertz CT molecular complexity index is 1400. The minimum atomic E-state index is 0.465. The van der Waals surface area contributed by atoms with E-state index in [9.17, 15) is 0 Å². The summed E-state index contributed by atoms with van der Waals surface area (Å²) >= 11 is 12.7. The number of aryl methyl sites for hydroxylation is 1. The van der Waals surface area contributed by atoms with Gasteiger partial charge in [0.1, 0.15) is 16.3 Å². The van der Waals surface area contributed by atoms with Gasteiger partial charge in [0.15, 0.2) is 0 Å². The minimum absolute atomic E-state index is 0.465. The van der Waals surface area contributed by atoms with Crippen LogP contribution in [0.15, 0.2) is 65.2 Å². The molecule has 0 aliphatic rings. The van der Waals surface area contributed by atoms with Gasteiger partial charge in [-0.05, 0) is 59.8 Å². The van der Waals surface area contributed by atoms with Crippen LogP contribution < -0.4 is 0 Å². The van der Waals surface area contributed by atoms with Gasteiger partial charge >= 0.3 is 0 Å². The van der Waals surface area contributed by atoms with Crippen molar-refractivity contribution in [1.29, 1.82) is 0 Å². The molecule has 3 aromatic carbocycles. The van der Waals surface area contributed by atoms with Gasteiger partial charge < -0.3 is 4.42 Å². The number of nitrogens with zero attached hydrogens (tertiary/aromatic N) is 1. The van der Waals surface area contributed by atoms with Crippen LogP contribution in [0.3, 0.4) is 0 Å². The first-order chi connectivity index (χ1) is 13.6. The molecule has 4 heteroatoms. The van der Waals surface area contributed by atoms with Crippen LogP contribution in [0.4, 0.5) is 0 Å². The largest absolute Gasteiger partial charge is 0.455 e. The molecule has 5 aromatic rings. The lowest BCUT2D eigenvalue weighted by Crippen LogP contribution is -1.84. The monoisotopic (exact) mass is 403 g/mol. The zero-order chi connectivity index (χ0) is 19.3. The van der Waals surface area contributed by atoms with E-state index < -0.39 is 0 Å². The van der Waals surface area contributed by atoms with E-state index in [-0.39, 0.29) is 0 Å². The van der Waals surface area contributed by atoms with Gasteiger partial charge in [-0.1, -0.05) is 53.6 Å². The molecule has 0 saturated heterocycles. The van der Waals surface area contributed by atoms with Gasteiger partial charge in [0.2, 0.25) is 0 Å². The van der Waals surface area contributed by atoms with E-state index >= 15 is 0 Å². The van der Waals surface area contributed by atoms with E-state index in [1.165, 1.54) is 5.56 Å². The zero-order valence-corrected chi connectivity index (χ0v) is 16.6. The molecule has 0 amide bonds. The summed E-state index contributed by atoms with van der Waals surface area (Å²) in [7, 11) is 0. The molecule has 0 radical (unpaired) electrons. The van der Waals surface area contributed by atoms with Crippen LogP contribution in [-0.2, 0) is 0 Å². The van der Waals surface area contributed by atoms with E-state index in [0.717, 1.165) is 43.8 Å². The molecule has 0 atom stereocenters. The smallest absolute Gasteiger partial charge is 0.142 e. The molecule has 0 saturated carbocycles. The first-order valence-electron chi connectivity index (χ1n) is 8.94. The molecule has 2 aromatic heterocycles. The average molecular weight is 404 g/mol. The molecule has 28 heavy (non-hydrogen) atoms. The fraction of sp³-hybridized carbons (Fsp3) is 0.0417. The summed E-state index contributed by atoms with van der Waals surface area (Å²) in [6.45, 7) is 2.09. The van der Waals surface area contributed by atoms with Crippen LogP contribution in [0.1, 0.15) is 16.7 Å². The van der Waals surface area contributed by atoms with E-state index in [0.29, 0.717) is 10.2 Å². The number of hydrogen-bond donors (Lipinski definition) is 0. The van der Waals surface area contributed by atoms with Crippen LogP contribution in [-0.4, -0.2) is 4.98 Å². The third-order valence-electron chi connectivity index (χ3n) is 4.91. The SMILES string of the molecule is Cc1cc(/C=C/c2cc(Cl)cc3ccnc(Cl)c23)c2oc3ccccc3c2c1. The lowest BCUT2D eigenvalue weighted by molar-refractivity contribution is 0.668. The first-order valence-corrected chi connectivity index (χ1v) is 9.69. The molecule has 2 nitrogen and oxygen atoms in total. The van der Waals surface area contributed by atoms with Crippen molar-refractivity contribution in [3.63, 3.8) is 0 Å². The molecular weight excluding hydrogens is 389 g/mol. The van der Waals surface area contributed by atoms with Crippen molar-refractivity contribution in [3.8, 4) is 0 Å². The average Bonchev–Trinajstić information content (AvgIpc) is 3.04. The van der Waals surface area contributed by atoms with Crippen molar-refractivity contribution >= 4 is 68.1 Å². The molecule has 0 aliphatic heterocycles. The lowest BCUT2D eigenvalue weighted by Gasteiger charge is -2.06. The highest BCUT2D eigenvalue weighted by Gasteiger charge is 2.11. The number of halogens is 2. The summed E-state index contributed by atoms with van der Waals surface area (Å²) in [6, 6.07) is 18.1. The molecule has 0 N–H and O–H groups in total. The maximum atomic E-state index is 6.36. The lowest BCUT2D eigenvalue weighted by atomic mass is 10.0. The van der Waals surface area contributed by atoms with Gasteiger partial charge in [-0.2, -0.15) is 0 Å². The van der Waals surface area contributed by atoms with Crippen LogP contribution in [0, 0.1) is 6.92 Å². The standard InChI is InChI=1S/C24H15Cl2NO/c1-14-10-17(23-20(11-14)19-4-2-3-5-21(19)28-23)7-6-15-12-18(25)13-16-8-9-27-24(26)22(15)16/h2-13H,1H3/b7-6+. The third kappa shape index (κ3) is 2.86. The molecule has 0 spiro atoms. The maximum absolute atomic E-state index is 6.36. The summed E-state index contributed by atoms with van der Waals surface area (Å²) in [5.41, 5.74) is 4.87. The summed E-state index contributed by atoms with van der Waals surface area (Å²) in [4.78, 5) is 4.22. The highest BCUT2D eigenvalue weighted by molar-refractivity contribution is 6.36. The predicted octanol–water partition coefficient (Wildman–Crippen LogP) is 7.92. The first kappa shape index (κ1) is 17.3. The number of aromatic nitrogens is 1. The van der Waals surface area contributed by atoms with Crippen molar-refractivity contribution in [1.82, 2.24) is 4.98 Å². The van der Waals surface area contributed by atoms with E-state index in [1.807, 2.05) is 48.6 Å². The molecule has 5 rings (SSSR count). The number of benzene rings is 3. The van der Waals surface area contributed by atoms with E-state index in [2.05, 4.69) is 30.1 Å². The highest BCUT2D eigenvalue weighted by Crippen LogP contribution is 2.34. The molecule has 136 valence electrons. The predicted molar refractivity (Wildman–Crippen MR) is 119 cm³/mol. The van der Waals surface area contributed by atoms with Crippen molar-refractivity contribution < 1.29 is 4.42 Å². The second-order valence-corrected chi connectivity index (χ2v) is 7.65. The summed E-state index contributed by atoms with van der Waals surface area (Å²) in [6.07, 6.45) is 5.75. The highest BCUT2D eigenvalue weighted by atomic mass is 35.5. The fourth-order valence-electron chi connectivity index (χ4n) is 3.71. The Hall–Kier alpha value is -2.81. The Balaban J connectivity index is 1.73. The Kier molecular flexibility index (Phi) is 4.12. The second kappa shape index (κ2) is 6.66. The molecule has 0 bridgehead atoms. The normalized spacial score (nSPS) is 12.0. The molecule has 0 aliphatic carbocycles. The van der Waals surface area contributed by atoms with Crippen LogP contribution >= 0.6 is 23.2 Å². The molecule has 0 fully saturated rings. The van der Waals surface area contributed by atoms with Crippen LogP contribution in [0.5, 0.6) is 0 Å². The summed E-state index contributed by atoms with van der Waals surface area (Å²) in [5.74, 6) is 0. The zero-order valence-electron chi connectivity index (χ0n) is 15.0.